The molecule has 2 aromatic carbocycles. The first-order chi connectivity index (χ1) is 11.9. The maximum absolute atomic E-state index is 12.6. The number of benzene rings is 2. The van der Waals surface area contributed by atoms with Gasteiger partial charge in [-0.2, -0.15) is 0 Å². The van der Waals surface area contributed by atoms with Crippen LogP contribution >= 0.6 is 0 Å². The quantitative estimate of drug-likeness (QED) is 0.745. The van der Waals surface area contributed by atoms with E-state index in [4.69, 9.17) is 4.74 Å². The Hall–Kier alpha value is -2.49. The molecule has 2 amide bonds. The first-order valence-corrected chi connectivity index (χ1v) is 8.82. The van der Waals surface area contributed by atoms with Gasteiger partial charge in [-0.05, 0) is 56.0 Å². The number of anilines is 1. The second kappa shape index (κ2) is 8.56. The summed E-state index contributed by atoms with van der Waals surface area (Å²) in [6, 6.07) is 15.7. The summed E-state index contributed by atoms with van der Waals surface area (Å²) in [7, 11) is 0. The van der Waals surface area contributed by atoms with Gasteiger partial charge in [0.25, 0.3) is 0 Å². The van der Waals surface area contributed by atoms with Crippen molar-refractivity contribution < 1.29 is 9.53 Å². The van der Waals surface area contributed by atoms with Crippen molar-refractivity contribution in [2.45, 2.75) is 46.8 Å². The van der Waals surface area contributed by atoms with E-state index in [-0.39, 0.29) is 6.03 Å². The van der Waals surface area contributed by atoms with Crippen LogP contribution in [0.25, 0.3) is 0 Å². The number of amides is 2. The molecule has 0 saturated carbocycles. The number of urea groups is 1. The van der Waals surface area contributed by atoms with Gasteiger partial charge in [-0.25, -0.2) is 4.79 Å². The van der Waals surface area contributed by atoms with E-state index >= 15 is 0 Å². The van der Waals surface area contributed by atoms with Crippen LogP contribution < -0.4 is 15.0 Å². The fourth-order valence-corrected chi connectivity index (χ4v) is 2.78. The normalized spacial score (nSPS) is 11.9. The molecule has 1 unspecified atom stereocenters. The summed E-state index contributed by atoms with van der Waals surface area (Å²) >= 11 is 0. The van der Waals surface area contributed by atoms with Gasteiger partial charge in [0.1, 0.15) is 5.75 Å². The number of nitrogens with one attached hydrogen (secondary N) is 1. The van der Waals surface area contributed by atoms with E-state index < -0.39 is 6.23 Å². The van der Waals surface area contributed by atoms with Crippen LogP contribution in [0.3, 0.4) is 0 Å². The Kier molecular flexibility index (Phi) is 6.45. The van der Waals surface area contributed by atoms with Gasteiger partial charge in [0.2, 0.25) is 0 Å². The molecular formula is C21H28N2O2. The average molecular weight is 340 g/mol. The summed E-state index contributed by atoms with van der Waals surface area (Å²) in [4.78, 5) is 14.3. The van der Waals surface area contributed by atoms with Gasteiger partial charge in [-0.3, -0.25) is 4.90 Å². The molecule has 0 aliphatic heterocycles. The van der Waals surface area contributed by atoms with Crippen LogP contribution in [0, 0.1) is 6.92 Å². The molecule has 134 valence electrons. The molecular weight excluding hydrogens is 312 g/mol. The number of ether oxygens (including phenoxy) is 1. The van der Waals surface area contributed by atoms with E-state index in [0.29, 0.717) is 12.5 Å². The lowest BCUT2D eigenvalue weighted by atomic mass is 10.0. The molecule has 0 aliphatic rings. The number of para-hydroxylation sites is 1. The van der Waals surface area contributed by atoms with Crippen molar-refractivity contribution in [3.8, 4) is 5.75 Å². The van der Waals surface area contributed by atoms with E-state index in [1.165, 1.54) is 0 Å². The Labute approximate surface area is 150 Å². The summed E-state index contributed by atoms with van der Waals surface area (Å²) in [5.41, 5.74) is 3.14. The van der Waals surface area contributed by atoms with Gasteiger partial charge in [-0.1, -0.05) is 44.2 Å². The summed E-state index contributed by atoms with van der Waals surface area (Å²) < 4.78 is 5.97. The van der Waals surface area contributed by atoms with Crippen molar-refractivity contribution in [2.75, 3.05) is 11.4 Å². The molecule has 25 heavy (non-hydrogen) atoms. The number of hydrogen-bond acceptors (Lipinski definition) is 2. The van der Waals surface area contributed by atoms with Gasteiger partial charge in [0.05, 0.1) is 0 Å². The maximum atomic E-state index is 12.6. The Balaban J connectivity index is 2.06. The molecule has 2 aromatic rings. The van der Waals surface area contributed by atoms with Crippen LogP contribution in [0.1, 0.15) is 44.7 Å². The topological polar surface area (TPSA) is 41.6 Å². The summed E-state index contributed by atoms with van der Waals surface area (Å²) in [5, 5.41) is 2.93. The maximum Gasteiger partial charge on any atom is 0.324 e. The van der Waals surface area contributed by atoms with Crippen LogP contribution in [0.2, 0.25) is 0 Å². The third kappa shape index (κ3) is 4.99. The highest BCUT2D eigenvalue weighted by molar-refractivity contribution is 5.92. The fraction of sp³-hybridized carbons (Fsp3) is 0.381. The van der Waals surface area contributed by atoms with E-state index in [1.54, 1.807) is 4.90 Å². The molecule has 0 bridgehead atoms. The zero-order chi connectivity index (χ0) is 18.4. The van der Waals surface area contributed by atoms with E-state index in [9.17, 15) is 4.79 Å². The summed E-state index contributed by atoms with van der Waals surface area (Å²) in [5.74, 6) is 1.17. The van der Waals surface area contributed by atoms with Gasteiger partial charge >= 0.3 is 6.03 Å². The minimum absolute atomic E-state index is 0.164. The zero-order valence-electron chi connectivity index (χ0n) is 15.7. The van der Waals surface area contributed by atoms with Crippen LogP contribution in [-0.2, 0) is 0 Å². The molecule has 0 aliphatic carbocycles. The third-order valence-electron chi connectivity index (χ3n) is 4.05. The Morgan fingerprint density at radius 1 is 1.12 bits per heavy atom. The highest BCUT2D eigenvalue weighted by Gasteiger charge is 2.18. The highest BCUT2D eigenvalue weighted by atomic mass is 16.5. The molecule has 0 saturated heterocycles. The number of rotatable bonds is 6. The number of aryl methyl sites for hydroxylation is 1. The lowest BCUT2D eigenvalue weighted by Crippen LogP contribution is -2.46. The van der Waals surface area contributed by atoms with Crippen molar-refractivity contribution in [1.29, 1.82) is 0 Å². The number of carbonyl (C=O) groups is 1. The van der Waals surface area contributed by atoms with E-state index in [1.807, 2.05) is 63.2 Å². The summed E-state index contributed by atoms with van der Waals surface area (Å²) in [6.45, 7) is 10.7. The van der Waals surface area contributed by atoms with Crippen molar-refractivity contribution in [3.63, 3.8) is 0 Å². The van der Waals surface area contributed by atoms with Gasteiger partial charge in [-0.15, -0.1) is 0 Å². The molecule has 4 nitrogen and oxygen atoms in total. The van der Waals surface area contributed by atoms with Gasteiger partial charge < -0.3 is 10.1 Å². The Bertz CT molecular complexity index is 713. The number of hydrogen-bond donors (Lipinski definition) is 1. The number of nitrogens with zero attached hydrogens (tertiary/aromatic N) is 1. The van der Waals surface area contributed by atoms with Crippen LogP contribution in [0.15, 0.2) is 48.5 Å². The largest absolute Gasteiger partial charge is 0.471 e. The molecule has 0 fully saturated rings. The van der Waals surface area contributed by atoms with E-state index in [2.05, 4.69) is 25.2 Å². The first kappa shape index (κ1) is 18.8. The molecule has 1 atom stereocenters. The van der Waals surface area contributed by atoms with Crippen molar-refractivity contribution in [3.05, 3.63) is 59.7 Å². The molecule has 0 spiro atoms. The SMILES string of the molecule is CCN(C(=O)NC(C)Oc1ccccc1C(C)C)c1cccc(C)c1. The Morgan fingerprint density at radius 3 is 2.48 bits per heavy atom. The van der Waals surface area contributed by atoms with Crippen LogP contribution in [-0.4, -0.2) is 18.8 Å². The van der Waals surface area contributed by atoms with Gasteiger partial charge in [0.15, 0.2) is 6.23 Å². The van der Waals surface area contributed by atoms with Gasteiger partial charge in [0, 0.05) is 12.2 Å². The summed E-state index contributed by atoms with van der Waals surface area (Å²) in [6.07, 6.45) is -0.425. The minimum atomic E-state index is -0.425. The molecule has 4 heteroatoms. The molecule has 0 radical (unpaired) electrons. The standard InChI is InChI=1S/C21H28N2O2/c1-6-23(18-11-9-10-16(4)14-18)21(24)22-17(5)25-20-13-8-7-12-19(20)15(2)3/h7-15,17H,6H2,1-5H3,(H,22,24). The Morgan fingerprint density at radius 2 is 1.84 bits per heavy atom. The van der Waals surface area contributed by atoms with Crippen molar-refractivity contribution in [2.24, 2.45) is 0 Å². The highest BCUT2D eigenvalue weighted by Crippen LogP contribution is 2.26. The second-order valence-electron chi connectivity index (χ2n) is 6.49. The number of carbonyl (C=O) groups excluding carboxylic acids is 1. The predicted molar refractivity (Wildman–Crippen MR) is 103 cm³/mol. The zero-order valence-corrected chi connectivity index (χ0v) is 15.7. The smallest absolute Gasteiger partial charge is 0.324 e. The third-order valence-corrected chi connectivity index (χ3v) is 4.05. The first-order valence-electron chi connectivity index (χ1n) is 8.82. The van der Waals surface area contributed by atoms with E-state index in [0.717, 1.165) is 22.6 Å². The fourth-order valence-electron chi connectivity index (χ4n) is 2.78. The second-order valence-corrected chi connectivity index (χ2v) is 6.49. The van der Waals surface area contributed by atoms with Crippen molar-refractivity contribution >= 4 is 11.7 Å². The lowest BCUT2D eigenvalue weighted by Gasteiger charge is -2.25. The monoisotopic (exact) mass is 340 g/mol. The minimum Gasteiger partial charge on any atom is -0.471 e. The van der Waals surface area contributed by atoms with Crippen molar-refractivity contribution in [1.82, 2.24) is 5.32 Å². The average Bonchev–Trinajstić information content (AvgIpc) is 2.55. The molecule has 2 rings (SSSR count). The molecule has 1 N–H and O–H groups in total. The van der Waals surface area contributed by atoms with Crippen LogP contribution in [0.4, 0.5) is 10.5 Å². The molecule has 0 heterocycles. The lowest BCUT2D eigenvalue weighted by molar-refractivity contribution is 0.178. The predicted octanol–water partition coefficient (Wildman–Crippen LogP) is 5.08. The molecule has 0 aromatic heterocycles. The van der Waals surface area contributed by atoms with Crippen LogP contribution in [0.5, 0.6) is 5.75 Å².